The summed E-state index contributed by atoms with van der Waals surface area (Å²) >= 11 is 1.37. The molecule has 0 atom stereocenters. The van der Waals surface area contributed by atoms with E-state index in [1.807, 2.05) is 0 Å². The van der Waals surface area contributed by atoms with Crippen LogP contribution in [0.25, 0.3) is 0 Å². The van der Waals surface area contributed by atoms with Crippen molar-refractivity contribution in [1.29, 1.82) is 0 Å². The maximum atomic E-state index is 12.6. The summed E-state index contributed by atoms with van der Waals surface area (Å²) in [7, 11) is 0. The molecule has 0 saturated heterocycles. The molecule has 1 aromatic carbocycles. The average molecular weight is 269 g/mol. The van der Waals surface area contributed by atoms with E-state index in [9.17, 15) is 13.2 Å². The van der Waals surface area contributed by atoms with Crippen molar-refractivity contribution in [1.82, 2.24) is 0 Å². The normalized spacial score (nSPS) is 14.8. The molecule has 0 bridgehead atoms. The topological polar surface area (TPSA) is 12.0 Å². The van der Waals surface area contributed by atoms with Crippen LogP contribution in [-0.2, 0) is 6.18 Å². The van der Waals surface area contributed by atoms with Gasteiger partial charge in [0.25, 0.3) is 0 Å². The minimum atomic E-state index is -4.34. The van der Waals surface area contributed by atoms with Crippen LogP contribution in [0.2, 0.25) is 0 Å². The highest BCUT2D eigenvalue weighted by molar-refractivity contribution is 8.03. The molecule has 0 spiro atoms. The average Bonchev–Trinajstić information content (AvgIpc) is 2.35. The van der Waals surface area contributed by atoms with E-state index in [0.717, 1.165) is 21.9 Å². The number of fused-ring (bicyclic) bond motifs is 1. The Morgan fingerprint density at radius 1 is 1.17 bits per heavy atom. The first kappa shape index (κ1) is 12.8. The first-order chi connectivity index (χ1) is 8.45. The number of thioether (sulfide) groups is 1. The SMILES string of the molecule is C=CC1=C(C=C)Sc2ccc(C(F)(F)F)cc2N1. The molecule has 1 aliphatic rings. The van der Waals surface area contributed by atoms with E-state index in [1.54, 1.807) is 12.2 Å². The second-order valence-corrected chi connectivity index (χ2v) is 4.71. The number of hydrogen-bond acceptors (Lipinski definition) is 2. The van der Waals surface area contributed by atoms with Crippen molar-refractivity contribution in [2.45, 2.75) is 11.1 Å². The van der Waals surface area contributed by atoms with Gasteiger partial charge in [0.15, 0.2) is 0 Å². The molecule has 1 aromatic rings. The molecule has 0 aliphatic carbocycles. The molecule has 0 fully saturated rings. The van der Waals surface area contributed by atoms with Crippen molar-refractivity contribution in [3.63, 3.8) is 0 Å². The summed E-state index contributed by atoms with van der Waals surface area (Å²) in [5.74, 6) is 0. The fourth-order valence-corrected chi connectivity index (χ4v) is 2.50. The van der Waals surface area contributed by atoms with E-state index in [0.29, 0.717) is 11.4 Å². The van der Waals surface area contributed by atoms with Crippen LogP contribution in [-0.4, -0.2) is 0 Å². The van der Waals surface area contributed by atoms with E-state index < -0.39 is 11.7 Å². The van der Waals surface area contributed by atoms with Gasteiger partial charge in [-0.05, 0) is 24.3 Å². The smallest absolute Gasteiger partial charge is 0.354 e. The first-order valence-electron chi connectivity index (χ1n) is 5.11. The summed E-state index contributed by atoms with van der Waals surface area (Å²) in [5, 5.41) is 2.93. The van der Waals surface area contributed by atoms with Crippen molar-refractivity contribution in [2.24, 2.45) is 0 Å². The Morgan fingerprint density at radius 2 is 1.89 bits per heavy atom. The summed E-state index contributed by atoms with van der Waals surface area (Å²) in [6, 6.07) is 3.64. The highest BCUT2D eigenvalue weighted by Gasteiger charge is 2.31. The van der Waals surface area contributed by atoms with Crippen LogP contribution >= 0.6 is 11.8 Å². The van der Waals surface area contributed by atoms with Crippen molar-refractivity contribution >= 4 is 17.4 Å². The molecule has 0 aromatic heterocycles. The van der Waals surface area contributed by atoms with Gasteiger partial charge in [-0.1, -0.05) is 31.0 Å². The summed E-state index contributed by atoms with van der Waals surface area (Å²) in [4.78, 5) is 1.58. The largest absolute Gasteiger partial charge is 0.416 e. The Labute approximate surface area is 107 Å². The Hall–Kier alpha value is -1.62. The number of alkyl halides is 3. The second-order valence-electron chi connectivity index (χ2n) is 3.62. The molecular weight excluding hydrogens is 259 g/mol. The molecule has 0 unspecified atom stereocenters. The van der Waals surface area contributed by atoms with Gasteiger partial charge in [0, 0.05) is 9.80 Å². The van der Waals surface area contributed by atoms with Crippen molar-refractivity contribution < 1.29 is 13.2 Å². The monoisotopic (exact) mass is 269 g/mol. The Kier molecular flexibility index (Phi) is 3.26. The lowest BCUT2D eigenvalue weighted by Crippen LogP contribution is -2.09. The van der Waals surface area contributed by atoms with Crippen molar-refractivity contribution in [3.05, 3.63) is 59.7 Å². The molecule has 2 rings (SSSR count). The van der Waals surface area contributed by atoms with E-state index in [2.05, 4.69) is 18.5 Å². The van der Waals surface area contributed by atoms with Gasteiger partial charge in [0.05, 0.1) is 16.9 Å². The Morgan fingerprint density at radius 3 is 2.44 bits per heavy atom. The van der Waals surface area contributed by atoms with Crippen molar-refractivity contribution in [3.8, 4) is 0 Å². The summed E-state index contributed by atoms with van der Waals surface area (Å²) in [5.41, 5.74) is 0.442. The van der Waals surface area contributed by atoms with Gasteiger partial charge in [-0.3, -0.25) is 0 Å². The summed E-state index contributed by atoms with van der Waals surface area (Å²) < 4.78 is 37.8. The van der Waals surface area contributed by atoms with Gasteiger partial charge >= 0.3 is 6.18 Å². The molecule has 1 aliphatic heterocycles. The predicted molar refractivity (Wildman–Crippen MR) is 68.3 cm³/mol. The zero-order chi connectivity index (χ0) is 13.3. The quantitative estimate of drug-likeness (QED) is 0.827. The minimum Gasteiger partial charge on any atom is -0.354 e. The first-order valence-corrected chi connectivity index (χ1v) is 5.92. The predicted octanol–water partition coefficient (Wildman–Crippen LogP) is 4.81. The zero-order valence-corrected chi connectivity index (χ0v) is 10.2. The number of halogens is 3. The number of nitrogens with one attached hydrogen (secondary N) is 1. The highest BCUT2D eigenvalue weighted by Crippen LogP contribution is 2.42. The minimum absolute atomic E-state index is 0.440. The van der Waals surface area contributed by atoms with Gasteiger partial charge in [0.2, 0.25) is 0 Å². The van der Waals surface area contributed by atoms with Gasteiger partial charge < -0.3 is 5.32 Å². The molecular formula is C13H10F3NS. The zero-order valence-electron chi connectivity index (χ0n) is 9.34. The lowest BCUT2D eigenvalue weighted by atomic mass is 10.2. The van der Waals surface area contributed by atoms with Crippen LogP contribution in [0, 0.1) is 0 Å². The van der Waals surface area contributed by atoms with Crippen LogP contribution < -0.4 is 5.32 Å². The van der Waals surface area contributed by atoms with E-state index in [-0.39, 0.29) is 0 Å². The Balaban J connectivity index is 2.44. The second kappa shape index (κ2) is 4.57. The maximum absolute atomic E-state index is 12.6. The number of benzene rings is 1. The molecule has 18 heavy (non-hydrogen) atoms. The third-order valence-corrected chi connectivity index (χ3v) is 3.63. The lowest BCUT2D eigenvalue weighted by molar-refractivity contribution is -0.137. The molecule has 1 N–H and O–H groups in total. The molecule has 1 nitrogen and oxygen atoms in total. The van der Waals surface area contributed by atoms with Gasteiger partial charge in [0.1, 0.15) is 0 Å². The van der Waals surface area contributed by atoms with Crippen LogP contribution in [0.5, 0.6) is 0 Å². The fraction of sp³-hybridized carbons (Fsp3) is 0.0769. The van der Waals surface area contributed by atoms with Crippen LogP contribution in [0.4, 0.5) is 18.9 Å². The van der Waals surface area contributed by atoms with Crippen LogP contribution in [0.15, 0.2) is 59.0 Å². The number of anilines is 1. The van der Waals surface area contributed by atoms with E-state index in [1.165, 1.54) is 17.8 Å². The molecule has 0 radical (unpaired) electrons. The molecule has 0 saturated carbocycles. The number of allylic oxidation sites excluding steroid dienone is 2. The summed E-state index contributed by atoms with van der Waals surface area (Å²) in [6.45, 7) is 7.29. The third-order valence-electron chi connectivity index (χ3n) is 2.45. The van der Waals surface area contributed by atoms with E-state index in [4.69, 9.17) is 0 Å². The maximum Gasteiger partial charge on any atom is 0.416 e. The molecule has 94 valence electrons. The van der Waals surface area contributed by atoms with Gasteiger partial charge in [-0.2, -0.15) is 13.2 Å². The Bertz CT molecular complexity index is 544. The molecule has 1 heterocycles. The fourth-order valence-electron chi connectivity index (χ4n) is 1.58. The standard InChI is InChI=1S/C13H10F3NS/c1-3-9-11(4-2)18-12-6-5-8(13(14,15)16)7-10(12)17-9/h3-7,17H,1-2H2. The van der Waals surface area contributed by atoms with E-state index >= 15 is 0 Å². The third kappa shape index (κ3) is 2.31. The van der Waals surface area contributed by atoms with Crippen LogP contribution in [0.1, 0.15) is 5.56 Å². The number of rotatable bonds is 2. The van der Waals surface area contributed by atoms with Crippen LogP contribution in [0.3, 0.4) is 0 Å². The highest BCUT2D eigenvalue weighted by atomic mass is 32.2. The number of hydrogen-bond donors (Lipinski definition) is 1. The van der Waals surface area contributed by atoms with Gasteiger partial charge in [-0.25, -0.2) is 0 Å². The molecule has 0 amide bonds. The molecule has 5 heteroatoms. The van der Waals surface area contributed by atoms with Crippen molar-refractivity contribution in [2.75, 3.05) is 5.32 Å². The van der Waals surface area contributed by atoms with Gasteiger partial charge in [-0.15, -0.1) is 0 Å². The lowest BCUT2D eigenvalue weighted by Gasteiger charge is -2.21. The summed E-state index contributed by atoms with van der Waals surface area (Å²) in [6.07, 6.45) is -1.12.